The Morgan fingerprint density at radius 2 is 1.36 bits per heavy atom. The summed E-state index contributed by atoms with van der Waals surface area (Å²) in [6.45, 7) is 15.2. The minimum absolute atomic E-state index is 0.813. The molecular formula is C30H42S2Si. The maximum absolute atomic E-state index is 2.84. The van der Waals surface area contributed by atoms with Crippen LogP contribution in [0.25, 0.3) is 0 Å². The van der Waals surface area contributed by atoms with E-state index in [4.69, 9.17) is 0 Å². The summed E-state index contributed by atoms with van der Waals surface area (Å²) in [5.74, 6) is 4.37. The van der Waals surface area contributed by atoms with Gasteiger partial charge in [-0.1, -0.05) is 62.7 Å². The number of allylic oxidation sites excluding steroid dienone is 4. The van der Waals surface area contributed by atoms with Crippen LogP contribution >= 0.6 is 23.5 Å². The van der Waals surface area contributed by atoms with E-state index in [0.29, 0.717) is 0 Å². The number of thioether (sulfide) groups is 2. The van der Waals surface area contributed by atoms with E-state index >= 15 is 0 Å². The van der Waals surface area contributed by atoms with Gasteiger partial charge < -0.3 is 0 Å². The maximum atomic E-state index is 2.84. The Kier molecular flexibility index (Phi) is 5.82. The van der Waals surface area contributed by atoms with Crippen LogP contribution in [0.1, 0.15) is 68.6 Å². The zero-order chi connectivity index (χ0) is 23.1. The van der Waals surface area contributed by atoms with Gasteiger partial charge >= 0.3 is 0 Å². The van der Waals surface area contributed by atoms with Crippen LogP contribution in [-0.2, 0) is 0 Å². The highest BCUT2D eigenvalue weighted by atomic mass is 32.2. The lowest BCUT2D eigenvalue weighted by molar-refractivity contribution is 0.234. The van der Waals surface area contributed by atoms with Crippen molar-refractivity contribution in [3.05, 3.63) is 56.9 Å². The second-order valence-electron chi connectivity index (χ2n) is 12.6. The van der Waals surface area contributed by atoms with Crippen molar-refractivity contribution >= 4 is 31.6 Å². The quantitative estimate of drug-likeness (QED) is 0.384. The van der Waals surface area contributed by atoms with Crippen LogP contribution < -0.4 is 0 Å². The fourth-order valence-electron chi connectivity index (χ4n) is 9.46. The highest BCUT2D eigenvalue weighted by molar-refractivity contribution is 8.05. The average molecular weight is 495 g/mol. The second kappa shape index (κ2) is 8.34. The Balaban J connectivity index is 1.31. The van der Waals surface area contributed by atoms with Crippen LogP contribution in [0.2, 0.25) is 24.2 Å². The normalized spacial score (nSPS) is 42.1. The molecule has 8 atom stereocenters. The Hall–Kier alpha value is -0.383. The van der Waals surface area contributed by atoms with Crippen molar-refractivity contribution in [1.82, 2.24) is 0 Å². The molecule has 2 aliphatic heterocycles. The summed E-state index contributed by atoms with van der Waals surface area (Å²) >= 11 is 4.54. The molecule has 0 spiro atoms. The van der Waals surface area contributed by atoms with Gasteiger partial charge in [0.25, 0.3) is 0 Å². The molecule has 8 unspecified atom stereocenters. The van der Waals surface area contributed by atoms with E-state index in [1.165, 1.54) is 32.1 Å². The van der Waals surface area contributed by atoms with E-state index in [1.54, 1.807) is 26.5 Å². The molecule has 1 aromatic rings. The third kappa shape index (κ3) is 3.53. The predicted octanol–water partition coefficient (Wildman–Crippen LogP) is 9.33. The minimum Gasteiger partial charge on any atom is -0.127 e. The summed E-state index contributed by atoms with van der Waals surface area (Å²) in [4.78, 5) is 3.22. The molecule has 3 fully saturated rings. The van der Waals surface area contributed by atoms with E-state index in [2.05, 4.69) is 94.7 Å². The van der Waals surface area contributed by atoms with Crippen molar-refractivity contribution in [1.29, 1.82) is 0 Å². The van der Waals surface area contributed by atoms with Crippen molar-refractivity contribution < 1.29 is 0 Å². The van der Waals surface area contributed by atoms with E-state index in [1.807, 2.05) is 0 Å². The number of rotatable bonds is 3. The molecule has 2 heterocycles. The van der Waals surface area contributed by atoms with Gasteiger partial charge in [-0.3, -0.25) is 0 Å². The monoisotopic (exact) mass is 494 g/mol. The first-order valence-electron chi connectivity index (χ1n) is 13.5. The summed E-state index contributed by atoms with van der Waals surface area (Å²) < 4.78 is 0. The summed E-state index contributed by atoms with van der Waals surface area (Å²) in [7, 11) is -1.44. The molecule has 0 saturated heterocycles. The van der Waals surface area contributed by atoms with Crippen molar-refractivity contribution in [2.75, 3.05) is 0 Å². The SMILES string of the molecule is CC1=CC2C3C=C(C)SC3C([Si](C)(C)C3CCC4C(c5c(C)cccc5C)CCCC43)C2S1. The van der Waals surface area contributed by atoms with Gasteiger partial charge in [-0.25, -0.2) is 0 Å². The van der Waals surface area contributed by atoms with Crippen LogP contribution in [0.3, 0.4) is 0 Å². The van der Waals surface area contributed by atoms with Crippen molar-refractivity contribution in [3.8, 4) is 0 Å². The molecule has 178 valence electrons. The average Bonchev–Trinajstić information content (AvgIpc) is 3.48. The van der Waals surface area contributed by atoms with Crippen LogP contribution in [0, 0.1) is 37.5 Å². The maximum Gasteiger partial charge on any atom is 0.0563 e. The lowest BCUT2D eigenvalue weighted by atomic mass is 9.69. The molecule has 33 heavy (non-hydrogen) atoms. The van der Waals surface area contributed by atoms with Crippen LogP contribution in [0.4, 0.5) is 0 Å². The van der Waals surface area contributed by atoms with Gasteiger partial charge in [0, 0.05) is 10.5 Å². The molecule has 3 heteroatoms. The van der Waals surface area contributed by atoms with Gasteiger partial charge in [0.2, 0.25) is 0 Å². The number of hydrogen-bond acceptors (Lipinski definition) is 2. The van der Waals surface area contributed by atoms with Gasteiger partial charge in [0.15, 0.2) is 0 Å². The second-order valence-corrected chi connectivity index (χ2v) is 20.5. The van der Waals surface area contributed by atoms with Crippen LogP contribution in [-0.4, -0.2) is 18.6 Å². The van der Waals surface area contributed by atoms with Gasteiger partial charge in [0.1, 0.15) is 0 Å². The van der Waals surface area contributed by atoms with Crippen molar-refractivity contribution in [3.63, 3.8) is 0 Å². The first kappa shape index (κ1) is 23.0. The summed E-state index contributed by atoms with van der Waals surface area (Å²) in [6, 6.07) is 7.00. The Labute approximate surface area is 211 Å². The third-order valence-corrected chi connectivity index (χ3v) is 18.9. The molecule has 1 aromatic carbocycles. The van der Waals surface area contributed by atoms with Gasteiger partial charge in [-0.15, -0.1) is 23.5 Å². The predicted molar refractivity (Wildman–Crippen MR) is 151 cm³/mol. The molecule has 6 rings (SSSR count). The summed E-state index contributed by atoms with van der Waals surface area (Å²) in [6.07, 6.45) is 12.7. The van der Waals surface area contributed by atoms with Gasteiger partial charge in [0.05, 0.1) is 8.07 Å². The molecule has 3 saturated carbocycles. The van der Waals surface area contributed by atoms with Crippen LogP contribution in [0.5, 0.6) is 0 Å². The molecule has 0 N–H and O–H groups in total. The fourth-order valence-corrected chi connectivity index (χ4v) is 19.9. The largest absolute Gasteiger partial charge is 0.127 e. The molecular weight excluding hydrogens is 453 g/mol. The molecule has 0 aromatic heterocycles. The smallest absolute Gasteiger partial charge is 0.0563 e. The van der Waals surface area contributed by atoms with E-state index in [-0.39, 0.29) is 0 Å². The van der Waals surface area contributed by atoms with Crippen molar-refractivity contribution in [2.24, 2.45) is 23.7 Å². The van der Waals surface area contributed by atoms with Gasteiger partial charge in [-0.2, -0.15) is 0 Å². The summed E-state index contributed by atoms with van der Waals surface area (Å²) in [5.41, 5.74) is 6.83. The van der Waals surface area contributed by atoms with Gasteiger partial charge in [-0.05, 0) is 108 Å². The van der Waals surface area contributed by atoms with E-state index in [0.717, 1.165) is 51.2 Å². The minimum atomic E-state index is -1.44. The molecule has 0 nitrogen and oxygen atoms in total. The van der Waals surface area contributed by atoms with E-state index in [9.17, 15) is 0 Å². The Morgan fingerprint density at radius 1 is 0.758 bits per heavy atom. The molecule has 0 amide bonds. The molecule has 5 aliphatic rings. The molecule has 0 radical (unpaired) electrons. The standard InChI is InChI=1S/C30H42S2Si/c1-17-9-7-10-18(2)27(17)23-12-8-11-22-21(23)13-14-26(22)33(5,6)30-28-24(15-19(3)31-28)25-16-20(4)32-29(25)30/h7,9-10,15-16,21-26,28-30H,8,11-14H2,1-6H3. The Bertz CT molecular complexity index is 954. The zero-order valence-electron chi connectivity index (χ0n) is 21.4. The molecule has 0 bridgehead atoms. The third-order valence-electron chi connectivity index (χ3n) is 10.6. The number of benzene rings is 1. The lowest BCUT2D eigenvalue weighted by Crippen LogP contribution is -2.46. The zero-order valence-corrected chi connectivity index (χ0v) is 24.1. The first-order valence-corrected chi connectivity index (χ1v) is 18.4. The lowest BCUT2D eigenvalue weighted by Gasteiger charge is -2.46. The van der Waals surface area contributed by atoms with E-state index < -0.39 is 8.07 Å². The Morgan fingerprint density at radius 3 is 1.97 bits per heavy atom. The molecule has 3 aliphatic carbocycles. The number of aryl methyl sites for hydroxylation is 2. The van der Waals surface area contributed by atoms with Crippen molar-refractivity contribution in [2.45, 2.75) is 100 Å². The number of fused-ring (bicyclic) bond motifs is 4. The van der Waals surface area contributed by atoms with Crippen LogP contribution in [0.15, 0.2) is 40.2 Å². The number of hydrogen-bond donors (Lipinski definition) is 0. The highest BCUT2D eigenvalue weighted by Crippen LogP contribution is 2.68. The fraction of sp³-hybridized carbons (Fsp3) is 0.667. The summed E-state index contributed by atoms with van der Waals surface area (Å²) in [5, 5.41) is 1.74. The highest BCUT2D eigenvalue weighted by Gasteiger charge is 2.62. The topological polar surface area (TPSA) is 0 Å². The first-order chi connectivity index (χ1) is 15.8.